The van der Waals surface area contributed by atoms with Crippen LogP contribution in [0, 0.1) is 0 Å². The Morgan fingerprint density at radius 2 is 2.17 bits per heavy atom. The number of likely N-dealkylation sites (tertiary alicyclic amines) is 1. The third-order valence-electron chi connectivity index (χ3n) is 5.41. The van der Waals surface area contributed by atoms with Crippen LogP contribution in [0.2, 0.25) is 0 Å². The molecule has 2 unspecified atom stereocenters. The van der Waals surface area contributed by atoms with Gasteiger partial charge >= 0.3 is 0 Å². The lowest BCUT2D eigenvalue weighted by Gasteiger charge is -2.40. The van der Waals surface area contributed by atoms with Crippen LogP contribution in [0.25, 0.3) is 6.08 Å². The predicted molar refractivity (Wildman–Crippen MR) is 116 cm³/mol. The topological polar surface area (TPSA) is 67.4 Å². The summed E-state index contributed by atoms with van der Waals surface area (Å²) in [6.45, 7) is 11.2. The van der Waals surface area contributed by atoms with Crippen molar-refractivity contribution in [3.8, 4) is 5.75 Å². The fourth-order valence-electron chi connectivity index (χ4n) is 3.83. The van der Waals surface area contributed by atoms with Crippen molar-refractivity contribution in [2.75, 3.05) is 18.5 Å². The molecular formula is C23H30N4O2. The number of anilines is 1. The number of aryl methyl sites for hydroxylation is 1. The number of hydrogen-bond acceptors (Lipinski definition) is 5. The van der Waals surface area contributed by atoms with Crippen molar-refractivity contribution in [2.45, 2.75) is 52.1 Å². The highest BCUT2D eigenvalue weighted by molar-refractivity contribution is 5.97. The van der Waals surface area contributed by atoms with Crippen LogP contribution in [-0.2, 0) is 6.42 Å². The van der Waals surface area contributed by atoms with Crippen molar-refractivity contribution in [1.82, 2.24) is 14.9 Å². The molecule has 29 heavy (non-hydrogen) atoms. The van der Waals surface area contributed by atoms with Gasteiger partial charge in [-0.05, 0) is 51.3 Å². The lowest BCUT2D eigenvalue weighted by molar-refractivity contribution is 0.0612. The van der Waals surface area contributed by atoms with Crippen LogP contribution < -0.4 is 10.1 Å². The minimum absolute atomic E-state index is 0.00671. The van der Waals surface area contributed by atoms with E-state index in [1.165, 1.54) is 0 Å². The SMILES string of the molecule is C=Cc1nc(NC2CCCN(C(=O)c3ccccc3OCC)C2C)cnc1CC. The number of ether oxygens (including phenoxy) is 1. The molecule has 1 aliphatic rings. The largest absolute Gasteiger partial charge is 0.493 e. The molecule has 1 aromatic carbocycles. The highest BCUT2D eigenvalue weighted by Crippen LogP contribution is 2.26. The molecule has 2 aromatic rings. The first-order chi connectivity index (χ1) is 14.1. The number of piperidine rings is 1. The van der Waals surface area contributed by atoms with Crippen LogP contribution >= 0.6 is 0 Å². The van der Waals surface area contributed by atoms with Crippen LogP contribution in [0.1, 0.15) is 55.4 Å². The fraction of sp³-hybridized carbons (Fsp3) is 0.435. The van der Waals surface area contributed by atoms with Crippen LogP contribution in [0.5, 0.6) is 5.75 Å². The average molecular weight is 395 g/mol. The Labute approximate surface area is 173 Å². The van der Waals surface area contributed by atoms with E-state index in [4.69, 9.17) is 4.74 Å². The molecule has 0 saturated carbocycles. The summed E-state index contributed by atoms with van der Waals surface area (Å²) in [6.07, 6.45) is 6.22. The lowest BCUT2D eigenvalue weighted by atomic mass is 9.96. The van der Waals surface area contributed by atoms with Gasteiger partial charge in [-0.2, -0.15) is 0 Å². The molecule has 2 heterocycles. The van der Waals surface area contributed by atoms with Crippen molar-refractivity contribution < 1.29 is 9.53 Å². The van der Waals surface area contributed by atoms with Gasteiger partial charge in [0.2, 0.25) is 0 Å². The minimum Gasteiger partial charge on any atom is -0.493 e. The van der Waals surface area contributed by atoms with Crippen molar-refractivity contribution in [2.24, 2.45) is 0 Å². The summed E-state index contributed by atoms with van der Waals surface area (Å²) in [5, 5.41) is 3.49. The molecule has 0 spiro atoms. The molecule has 1 fully saturated rings. The Balaban J connectivity index is 1.77. The molecule has 3 rings (SSSR count). The van der Waals surface area contributed by atoms with Crippen LogP contribution in [0.3, 0.4) is 0 Å². The van der Waals surface area contributed by atoms with Crippen molar-refractivity contribution in [3.63, 3.8) is 0 Å². The summed E-state index contributed by atoms with van der Waals surface area (Å²) in [5.74, 6) is 1.36. The van der Waals surface area contributed by atoms with E-state index in [-0.39, 0.29) is 18.0 Å². The number of benzene rings is 1. The molecule has 0 aliphatic carbocycles. The molecule has 1 aliphatic heterocycles. The van der Waals surface area contributed by atoms with E-state index in [2.05, 4.69) is 35.7 Å². The molecular weight excluding hydrogens is 364 g/mol. The van der Waals surface area contributed by atoms with E-state index in [0.717, 1.165) is 43.0 Å². The third-order valence-corrected chi connectivity index (χ3v) is 5.41. The summed E-state index contributed by atoms with van der Waals surface area (Å²) in [5.41, 5.74) is 2.36. The zero-order chi connectivity index (χ0) is 20.8. The molecule has 0 radical (unpaired) electrons. The zero-order valence-corrected chi connectivity index (χ0v) is 17.5. The summed E-state index contributed by atoms with van der Waals surface area (Å²) in [7, 11) is 0. The van der Waals surface area contributed by atoms with Gasteiger partial charge in [0.1, 0.15) is 11.6 Å². The molecule has 0 bridgehead atoms. The minimum atomic E-state index is 0.00671. The maximum Gasteiger partial charge on any atom is 0.257 e. The number of para-hydroxylation sites is 1. The van der Waals surface area contributed by atoms with E-state index in [9.17, 15) is 4.79 Å². The van der Waals surface area contributed by atoms with Crippen LogP contribution in [0.4, 0.5) is 5.82 Å². The van der Waals surface area contributed by atoms with Gasteiger partial charge in [-0.1, -0.05) is 25.6 Å². The van der Waals surface area contributed by atoms with Gasteiger partial charge in [0.25, 0.3) is 5.91 Å². The monoisotopic (exact) mass is 394 g/mol. The number of nitrogens with zero attached hydrogens (tertiary/aromatic N) is 3. The van der Waals surface area contributed by atoms with Crippen LogP contribution in [-0.4, -0.2) is 46.0 Å². The first kappa shape index (κ1) is 20.8. The van der Waals surface area contributed by atoms with Crippen LogP contribution in [0.15, 0.2) is 37.0 Å². The molecule has 6 nitrogen and oxygen atoms in total. The quantitative estimate of drug-likeness (QED) is 0.763. The fourth-order valence-corrected chi connectivity index (χ4v) is 3.83. The van der Waals surface area contributed by atoms with Gasteiger partial charge in [-0.3, -0.25) is 9.78 Å². The highest BCUT2D eigenvalue weighted by atomic mass is 16.5. The van der Waals surface area contributed by atoms with Crippen molar-refractivity contribution in [3.05, 3.63) is 54.0 Å². The predicted octanol–water partition coefficient (Wildman–Crippen LogP) is 4.19. The summed E-state index contributed by atoms with van der Waals surface area (Å²) in [6, 6.07) is 7.58. The molecule has 6 heteroatoms. The Hall–Kier alpha value is -2.89. The van der Waals surface area contributed by atoms with Gasteiger partial charge in [0.05, 0.1) is 29.8 Å². The maximum atomic E-state index is 13.3. The number of nitrogens with one attached hydrogen (secondary N) is 1. The Morgan fingerprint density at radius 1 is 1.38 bits per heavy atom. The van der Waals surface area contributed by atoms with E-state index in [1.807, 2.05) is 36.1 Å². The smallest absolute Gasteiger partial charge is 0.257 e. The van der Waals surface area contributed by atoms with Gasteiger partial charge in [0, 0.05) is 18.6 Å². The maximum absolute atomic E-state index is 13.3. The van der Waals surface area contributed by atoms with Crippen molar-refractivity contribution >= 4 is 17.8 Å². The second kappa shape index (κ2) is 9.54. The Morgan fingerprint density at radius 3 is 2.90 bits per heavy atom. The average Bonchev–Trinajstić information content (AvgIpc) is 2.75. The number of amides is 1. The summed E-state index contributed by atoms with van der Waals surface area (Å²) in [4.78, 5) is 24.3. The Kier molecular flexibility index (Phi) is 6.86. The molecule has 154 valence electrons. The third kappa shape index (κ3) is 4.58. The molecule has 1 N–H and O–H groups in total. The number of carbonyl (C=O) groups is 1. The van der Waals surface area contributed by atoms with Crippen molar-refractivity contribution in [1.29, 1.82) is 0 Å². The summed E-state index contributed by atoms with van der Waals surface area (Å²) >= 11 is 0. The normalized spacial score (nSPS) is 18.9. The van der Waals surface area contributed by atoms with E-state index < -0.39 is 0 Å². The second-order valence-corrected chi connectivity index (χ2v) is 7.21. The van der Waals surface area contributed by atoms with Gasteiger partial charge in [-0.25, -0.2) is 4.98 Å². The van der Waals surface area contributed by atoms with E-state index >= 15 is 0 Å². The first-order valence-electron chi connectivity index (χ1n) is 10.4. The standard InChI is InChI=1S/C23H30N4O2/c1-5-18-19(6-2)25-22(15-24-18)26-20-12-10-14-27(16(20)4)23(28)17-11-8-9-13-21(17)29-7-3/h6,8-9,11,13,15-16,20H,2,5,7,10,12,14H2,1,3-4H3,(H,25,26). The van der Waals surface area contributed by atoms with Gasteiger partial charge < -0.3 is 15.0 Å². The number of rotatable bonds is 7. The second-order valence-electron chi connectivity index (χ2n) is 7.21. The van der Waals surface area contributed by atoms with E-state index in [1.54, 1.807) is 12.3 Å². The van der Waals surface area contributed by atoms with Gasteiger partial charge in [-0.15, -0.1) is 0 Å². The Bertz CT molecular complexity index is 868. The summed E-state index contributed by atoms with van der Waals surface area (Å²) < 4.78 is 5.66. The highest BCUT2D eigenvalue weighted by Gasteiger charge is 2.33. The first-order valence-corrected chi connectivity index (χ1v) is 10.4. The molecule has 2 atom stereocenters. The molecule has 1 aromatic heterocycles. The number of hydrogen-bond donors (Lipinski definition) is 1. The van der Waals surface area contributed by atoms with Gasteiger partial charge in [0.15, 0.2) is 0 Å². The number of aromatic nitrogens is 2. The van der Waals surface area contributed by atoms with E-state index in [0.29, 0.717) is 17.9 Å². The lowest BCUT2D eigenvalue weighted by Crippen LogP contribution is -2.52. The molecule has 1 saturated heterocycles. The molecule has 1 amide bonds. The zero-order valence-electron chi connectivity index (χ0n) is 17.5. The number of carbonyl (C=O) groups excluding carboxylic acids is 1.